The molecule has 13 heavy (non-hydrogen) atoms. The van der Waals surface area contributed by atoms with Gasteiger partial charge in [-0.3, -0.25) is 0 Å². The van der Waals surface area contributed by atoms with Crippen molar-refractivity contribution < 1.29 is 4.39 Å². The van der Waals surface area contributed by atoms with Gasteiger partial charge in [0, 0.05) is 24.9 Å². The summed E-state index contributed by atoms with van der Waals surface area (Å²) in [6.45, 7) is 0.562. The van der Waals surface area contributed by atoms with Crippen molar-refractivity contribution in [1.29, 1.82) is 0 Å². The van der Waals surface area contributed by atoms with Gasteiger partial charge in [-0.1, -0.05) is 0 Å². The molecule has 2 N–H and O–H groups in total. The van der Waals surface area contributed by atoms with E-state index in [2.05, 4.69) is 4.98 Å². The fraction of sp³-hybridized carbons (Fsp3) is 0.222. The SMILES string of the molecule is NCCc1cn2ccc(F)cc2n1. The van der Waals surface area contributed by atoms with Gasteiger partial charge in [0.15, 0.2) is 0 Å². The van der Waals surface area contributed by atoms with Crippen molar-refractivity contribution in [3.63, 3.8) is 0 Å². The summed E-state index contributed by atoms with van der Waals surface area (Å²) in [4.78, 5) is 4.21. The van der Waals surface area contributed by atoms with Crippen molar-refractivity contribution in [3.05, 3.63) is 36.0 Å². The first-order chi connectivity index (χ1) is 6.29. The maximum atomic E-state index is 12.8. The molecule has 0 aliphatic carbocycles. The molecule has 0 aromatic carbocycles. The van der Waals surface area contributed by atoms with Crippen LogP contribution in [-0.4, -0.2) is 15.9 Å². The lowest BCUT2D eigenvalue weighted by Gasteiger charge is -1.90. The Morgan fingerprint density at radius 3 is 3.15 bits per heavy atom. The Labute approximate surface area is 75.0 Å². The monoisotopic (exact) mass is 179 g/mol. The first kappa shape index (κ1) is 8.19. The second kappa shape index (κ2) is 3.14. The van der Waals surface area contributed by atoms with E-state index >= 15 is 0 Å². The molecule has 0 bridgehead atoms. The van der Waals surface area contributed by atoms with Crippen LogP contribution >= 0.6 is 0 Å². The smallest absolute Gasteiger partial charge is 0.139 e. The van der Waals surface area contributed by atoms with E-state index in [0.29, 0.717) is 12.2 Å². The number of aromatic nitrogens is 2. The number of nitrogens with zero attached hydrogens (tertiary/aromatic N) is 2. The molecule has 0 spiro atoms. The van der Waals surface area contributed by atoms with E-state index in [9.17, 15) is 4.39 Å². The molecular weight excluding hydrogens is 169 g/mol. The Morgan fingerprint density at radius 2 is 2.38 bits per heavy atom. The quantitative estimate of drug-likeness (QED) is 0.746. The Kier molecular flexibility index (Phi) is 1.98. The van der Waals surface area contributed by atoms with Crippen molar-refractivity contribution >= 4 is 5.65 Å². The van der Waals surface area contributed by atoms with Gasteiger partial charge < -0.3 is 10.1 Å². The number of rotatable bonds is 2. The molecule has 0 saturated carbocycles. The highest BCUT2D eigenvalue weighted by atomic mass is 19.1. The first-order valence-corrected chi connectivity index (χ1v) is 4.13. The zero-order valence-corrected chi connectivity index (χ0v) is 7.07. The third kappa shape index (κ3) is 1.53. The maximum absolute atomic E-state index is 12.8. The van der Waals surface area contributed by atoms with Gasteiger partial charge in [0.05, 0.1) is 5.69 Å². The van der Waals surface area contributed by atoms with E-state index in [-0.39, 0.29) is 5.82 Å². The van der Waals surface area contributed by atoms with Gasteiger partial charge in [-0.25, -0.2) is 9.37 Å². The van der Waals surface area contributed by atoms with Crippen LogP contribution in [0.1, 0.15) is 5.69 Å². The highest BCUT2D eigenvalue weighted by Gasteiger charge is 2.00. The molecule has 3 nitrogen and oxygen atoms in total. The minimum Gasteiger partial charge on any atom is -0.330 e. The van der Waals surface area contributed by atoms with Crippen LogP contribution in [0.25, 0.3) is 5.65 Å². The molecule has 2 heterocycles. The van der Waals surface area contributed by atoms with E-state index in [1.807, 2.05) is 6.20 Å². The van der Waals surface area contributed by atoms with E-state index in [1.165, 1.54) is 12.1 Å². The molecule has 2 aromatic rings. The summed E-state index contributed by atoms with van der Waals surface area (Å²) in [5.74, 6) is -0.266. The normalized spacial score (nSPS) is 10.9. The molecule has 4 heteroatoms. The van der Waals surface area contributed by atoms with Crippen molar-refractivity contribution in [2.24, 2.45) is 5.73 Å². The average molecular weight is 179 g/mol. The van der Waals surface area contributed by atoms with Gasteiger partial charge in [0.1, 0.15) is 11.5 Å². The maximum Gasteiger partial charge on any atom is 0.139 e. The van der Waals surface area contributed by atoms with Crippen molar-refractivity contribution in [2.75, 3.05) is 6.54 Å². The van der Waals surface area contributed by atoms with Gasteiger partial charge in [0.25, 0.3) is 0 Å². The molecule has 0 aliphatic rings. The minimum atomic E-state index is -0.266. The number of imidazole rings is 1. The van der Waals surface area contributed by atoms with Crippen LogP contribution in [0.4, 0.5) is 4.39 Å². The Bertz CT molecular complexity index is 422. The average Bonchev–Trinajstić information content (AvgIpc) is 2.46. The molecule has 0 atom stereocenters. The summed E-state index contributed by atoms with van der Waals surface area (Å²) in [5.41, 5.74) is 6.91. The molecule has 0 radical (unpaired) electrons. The number of hydrogen-bond acceptors (Lipinski definition) is 2. The van der Waals surface area contributed by atoms with Crippen LogP contribution < -0.4 is 5.73 Å². The van der Waals surface area contributed by atoms with Crippen molar-refractivity contribution in [2.45, 2.75) is 6.42 Å². The standard InChI is InChI=1S/C9H10FN3/c10-7-2-4-13-6-8(1-3-11)12-9(13)5-7/h2,4-6H,1,3,11H2. The second-order valence-corrected chi connectivity index (χ2v) is 2.88. The van der Waals surface area contributed by atoms with Crippen molar-refractivity contribution in [3.8, 4) is 0 Å². The predicted molar refractivity (Wildman–Crippen MR) is 47.9 cm³/mol. The molecule has 68 valence electrons. The molecule has 0 fully saturated rings. The summed E-state index contributed by atoms with van der Waals surface area (Å²) in [6.07, 6.45) is 4.24. The van der Waals surface area contributed by atoms with Crippen LogP contribution in [0, 0.1) is 5.82 Å². The number of fused-ring (bicyclic) bond motifs is 1. The summed E-state index contributed by atoms with van der Waals surface area (Å²) >= 11 is 0. The number of halogens is 1. The van der Waals surface area contributed by atoms with E-state index in [4.69, 9.17) is 5.73 Å². The zero-order valence-electron chi connectivity index (χ0n) is 7.07. The summed E-state index contributed by atoms with van der Waals surface area (Å²) in [6, 6.07) is 2.81. The van der Waals surface area contributed by atoms with E-state index < -0.39 is 0 Å². The van der Waals surface area contributed by atoms with Gasteiger partial charge in [-0.05, 0) is 12.6 Å². The predicted octanol–water partition coefficient (Wildman–Crippen LogP) is 0.975. The van der Waals surface area contributed by atoms with Crippen LogP contribution in [0.15, 0.2) is 24.5 Å². The van der Waals surface area contributed by atoms with E-state index in [0.717, 1.165) is 12.1 Å². The van der Waals surface area contributed by atoms with Crippen LogP contribution in [0.2, 0.25) is 0 Å². The lowest BCUT2D eigenvalue weighted by molar-refractivity contribution is 0.626. The summed E-state index contributed by atoms with van der Waals surface area (Å²) in [5, 5.41) is 0. The lowest BCUT2D eigenvalue weighted by atomic mass is 10.3. The van der Waals surface area contributed by atoms with Crippen LogP contribution in [0.5, 0.6) is 0 Å². The summed E-state index contributed by atoms with van der Waals surface area (Å²) in [7, 11) is 0. The van der Waals surface area contributed by atoms with E-state index in [1.54, 1.807) is 10.6 Å². The Balaban J connectivity index is 2.49. The first-order valence-electron chi connectivity index (χ1n) is 4.13. The summed E-state index contributed by atoms with van der Waals surface area (Å²) < 4.78 is 14.5. The van der Waals surface area contributed by atoms with Gasteiger partial charge in [0.2, 0.25) is 0 Å². The largest absolute Gasteiger partial charge is 0.330 e. The van der Waals surface area contributed by atoms with Crippen LogP contribution in [-0.2, 0) is 6.42 Å². The van der Waals surface area contributed by atoms with Gasteiger partial charge in [-0.2, -0.15) is 0 Å². The Morgan fingerprint density at radius 1 is 1.54 bits per heavy atom. The number of hydrogen-bond donors (Lipinski definition) is 1. The second-order valence-electron chi connectivity index (χ2n) is 2.88. The number of nitrogens with two attached hydrogens (primary N) is 1. The third-order valence-electron chi connectivity index (χ3n) is 1.87. The highest BCUT2D eigenvalue weighted by molar-refractivity contribution is 5.40. The zero-order chi connectivity index (χ0) is 9.26. The van der Waals surface area contributed by atoms with Crippen molar-refractivity contribution in [1.82, 2.24) is 9.38 Å². The highest BCUT2D eigenvalue weighted by Crippen LogP contribution is 2.07. The molecule has 2 aromatic heterocycles. The Hall–Kier alpha value is -1.42. The minimum absolute atomic E-state index is 0.266. The molecule has 0 aliphatic heterocycles. The molecule has 0 amide bonds. The molecular formula is C9H10FN3. The fourth-order valence-electron chi connectivity index (χ4n) is 1.28. The topological polar surface area (TPSA) is 43.3 Å². The number of pyridine rings is 1. The fourth-order valence-corrected chi connectivity index (χ4v) is 1.28. The van der Waals surface area contributed by atoms with Gasteiger partial charge in [-0.15, -0.1) is 0 Å². The molecule has 0 unspecified atom stereocenters. The molecule has 0 saturated heterocycles. The van der Waals surface area contributed by atoms with Gasteiger partial charge >= 0.3 is 0 Å². The molecule has 2 rings (SSSR count). The third-order valence-corrected chi connectivity index (χ3v) is 1.87. The van der Waals surface area contributed by atoms with Crippen LogP contribution in [0.3, 0.4) is 0 Å². The lowest BCUT2D eigenvalue weighted by Crippen LogP contribution is -2.02.